The van der Waals surface area contributed by atoms with E-state index in [-0.39, 0.29) is 16.6 Å². The molecule has 2 heterocycles. The molecule has 0 aliphatic carbocycles. The average molecular weight is 444 g/mol. The van der Waals surface area contributed by atoms with Crippen molar-refractivity contribution in [3.8, 4) is 0 Å². The molecular weight excluding hydrogens is 432 g/mol. The van der Waals surface area contributed by atoms with Gasteiger partial charge >= 0.3 is 0 Å². The number of benzene rings is 1. The molecule has 1 aliphatic rings. The van der Waals surface area contributed by atoms with Gasteiger partial charge in [0.25, 0.3) is 17.5 Å². The number of carbonyl (C=O) groups excluding carboxylic acids is 3. The maximum atomic E-state index is 12.2. The summed E-state index contributed by atoms with van der Waals surface area (Å²) in [7, 11) is 0. The standard InChI is InChI=1S/C17H12N6O5S2/c18-14-13(20-15(25)11-2-1-7-29-11)16(26)22-17(21-14)30-8-12(24)19-9-3-5-10(6-4-9)23(27)28/h1-7H,8H2,(H,19,24)(H2,18,21,22,26). The Bertz CT molecular complexity index is 1090. The SMILES string of the molecule is N=C1N=C(SCC(=O)Nc2ccc([N+](=O)[O-])cc2)NC(=O)C1=NC(=O)c1cccs1. The van der Waals surface area contributed by atoms with Crippen molar-refractivity contribution in [2.24, 2.45) is 9.98 Å². The molecule has 3 amide bonds. The van der Waals surface area contributed by atoms with E-state index in [1.54, 1.807) is 17.5 Å². The smallest absolute Gasteiger partial charge is 0.287 e. The highest BCUT2D eigenvalue weighted by molar-refractivity contribution is 8.14. The molecule has 1 aromatic carbocycles. The zero-order valence-corrected chi connectivity index (χ0v) is 16.6. The number of carbonyl (C=O) groups is 3. The number of rotatable bonds is 5. The fraction of sp³-hybridized carbons (Fsp3) is 0.0588. The molecule has 0 fully saturated rings. The van der Waals surface area contributed by atoms with Gasteiger partial charge in [-0.05, 0) is 23.6 Å². The Morgan fingerprint density at radius 2 is 2.03 bits per heavy atom. The zero-order chi connectivity index (χ0) is 21.7. The summed E-state index contributed by atoms with van der Waals surface area (Å²) in [4.78, 5) is 54.1. The van der Waals surface area contributed by atoms with Crippen LogP contribution >= 0.6 is 23.1 Å². The van der Waals surface area contributed by atoms with Gasteiger partial charge in [-0.2, -0.15) is 4.99 Å². The molecule has 0 atom stereocenters. The van der Waals surface area contributed by atoms with Crippen LogP contribution in [-0.4, -0.2) is 45.1 Å². The van der Waals surface area contributed by atoms with Gasteiger partial charge in [0.2, 0.25) is 5.91 Å². The van der Waals surface area contributed by atoms with E-state index in [1.807, 2.05) is 0 Å². The summed E-state index contributed by atoms with van der Waals surface area (Å²) in [6.07, 6.45) is 0. The molecule has 3 rings (SSSR count). The minimum Gasteiger partial charge on any atom is -0.325 e. The lowest BCUT2D eigenvalue weighted by Gasteiger charge is -2.14. The van der Waals surface area contributed by atoms with Gasteiger partial charge in [-0.15, -0.1) is 11.3 Å². The third-order valence-electron chi connectivity index (χ3n) is 3.52. The quantitative estimate of drug-likeness (QED) is 0.471. The third-order valence-corrected chi connectivity index (χ3v) is 5.25. The van der Waals surface area contributed by atoms with Gasteiger partial charge in [0.05, 0.1) is 15.6 Å². The molecule has 2 aromatic rings. The summed E-state index contributed by atoms with van der Waals surface area (Å²) >= 11 is 2.04. The highest BCUT2D eigenvalue weighted by atomic mass is 32.2. The summed E-state index contributed by atoms with van der Waals surface area (Å²) in [6, 6.07) is 8.52. The molecule has 0 radical (unpaired) electrons. The second kappa shape index (κ2) is 9.19. The number of non-ortho nitro benzene ring substituents is 1. The molecule has 30 heavy (non-hydrogen) atoms. The maximum absolute atomic E-state index is 12.2. The average Bonchev–Trinajstić information content (AvgIpc) is 3.24. The number of aliphatic imine (C=N–C) groups is 2. The summed E-state index contributed by atoms with van der Waals surface area (Å²) in [5.41, 5.74) is -0.140. The van der Waals surface area contributed by atoms with Crippen LogP contribution in [0.15, 0.2) is 51.8 Å². The minimum absolute atomic E-state index is 0.0198. The Morgan fingerprint density at radius 1 is 1.30 bits per heavy atom. The lowest BCUT2D eigenvalue weighted by molar-refractivity contribution is -0.384. The number of nitro groups is 1. The molecular formula is C17H12N6O5S2. The van der Waals surface area contributed by atoms with Crippen LogP contribution in [0.4, 0.5) is 11.4 Å². The molecule has 0 spiro atoms. The van der Waals surface area contributed by atoms with Crippen LogP contribution in [-0.2, 0) is 9.59 Å². The number of nitrogens with zero attached hydrogens (tertiary/aromatic N) is 3. The predicted molar refractivity (Wildman–Crippen MR) is 114 cm³/mol. The van der Waals surface area contributed by atoms with Crippen LogP contribution < -0.4 is 10.6 Å². The van der Waals surface area contributed by atoms with E-state index in [0.717, 1.165) is 23.1 Å². The van der Waals surface area contributed by atoms with Crippen molar-refractivity contribution < 1.29 is 19.3 Å². The van der Waals surface area contributed by atoms with E-state index in [4.69, 9.17) is 5.41 Å². The van der Waals surface area contributed by atoms with Gasteiger partial charge in [-0.25, -0.2) is 4.99 Å². The van der Waals surface area contributed by atoms with Gasteiger partial charge in [0, 0.05) is 17.8 Å². The van der Waals surface area contributed by atoms with Crippen molar-refractivity contribution in [1.82, 2.24) is 5.32 Å². The number of hydrogen-bond acceptors (Lipinski definition) is 8. The molecule has 3 N–H and O–H groups in total. The molecule has 0 unspecified atom stereocenters. The summed E-state index contributed by atoms with van der Waals surface area (Å²) in [6.45, 7) is 0. The van der Waals surface area contributed by atoms with Crippen LogP contribution in [0, 0.1) is 15.5 Å². The van der Waals surface area contributed by atoms with E-state index in [9.17, 15) is 24.5 Å². The lowest BCUT2D eigenvalue weighted by atomic mass is 10.3. The molecule has 152 valence electrons. The number of nitro benzene ring substituents is 1. The van der Waals surface area contributed by atoms with Crippen LogP contribution in [0.25, 0.3) is 0 Å². The fourth-order valence-electron chi connectivity index (χ4n) is 2.17. The Hall–Kier alpha value is -3.71. The Morgan fingerprint density at radius 3 is 2.63 bits per heavy atom. The first-order valence-corrected chi connectivity index (χ1v) is 10.0. The maximum Gasteiger partial charge on any atom is 0.287 e. The van der Waals surface area contributed by atoms with E-state index < -0.39 is 34.2 Å². The molecule has 11 nitrogen and oxygen atoms in total. The highest BCUT2D eigenvalue weighted by Crippen LogP contribution is 2.16. The Labute approximate surface area is 177 Å². The van der Waals surface area contributed by atoms with E-state index in [0.29, 0.717) is 10.6 Å². The monoisotopic (exact) mass is 444 g/mol. The molecule has 0 bridgehead atoms. The molecule has 1 aromatic heterocycles. The van der Waals surface area contributed by atoms with E-state index >= 15 is 0 Å². The molecule has 13 heteroatoms. The number of amidine groups is 2. The lowest BCUT2D eigenvalue weighted by Crippen LogP contribution is -2.43. The van der Waals surface area contributed by atoms with Gasteiger partial charge < -0.3 is 5.32 Å². The Kier molecular flexibility index (Phi) is 6.44. The van der Waals surface area contributed by atoms with Crippen LogP contribution in [0.2, 0.25) is 0 Å². The number of amides is 3. The van der Waals surface area contributed by atoms with Crippen LogP contribution in [0.3, 0.4) is 0 Å². The fourth-order valence-corrected chi connectivity index (χ4v) is 3.44. The second-order valence-electron chi connectivity index (χ2n) is 5.60. The first kappa shape index (κ1) is 21.0. The molecule has 0 saturated carbocycles. The second-order valence-corrected chi connectivity index (χ2v) is 7.52. The van der Waals surface area contributed by atoms with E-state index in [2.05, 4.69) is 20.6 Å². The van der Waals surface area contributed by atoms with Crippen molar-refractivity contribution in [2.75, 3.05) is 11.1 Å². The number of anilines is 1. The summed E-state index contributed by atoms with van der Waals surface area (Å²) in [5, 5.41) is 25.1. The number of nitrogens with one attached hydrogen (secondary N) is 3. The topological polar surface area (TPSA) is 167 Å². The van der Waals surface area contributed by atoms with Crippen molar-refractivity contribution in [3.63, 3.8) is 0 Å². The van der Waals surface area contributed by atoms with Crippen LogP contribution in [0.1, 0.15) is 9.67 Å². The van der Waals surface area contributed by atoms with Gasteiger partial charge in [0.15, 0.2) is 16.7 Å². The predicted octanol–water partition coefficient (Wildman–Crippen LogP) is 2.07. The Balaban J connectivity index is 1.58. The number of hydrogen-bond donors (Lipinski definition) is 3. The van der Waals surface area contributed by atoms with Crippen molar-refractivity contribution in [1.29, 1.82) is 5.41 Å². The van der Waals surface area contributed by atoms with Gasteiger partial charge in [0.1, 0.15) is 0 Å². The number of thiophene rings is 1. The number of thioether (sulfide) groups is 1. The molecule has 1 aliphatic heterocycles. The molecule has 0 saturated heterocycles. The van der Waals surface area contributed by atoms with E-state index in [1.165, 1.54) is 24.3 Å². The van der Waals surface area contributed by atoms with Crippen molar-refractivity contribution in [2.45, 2.75) is 0 Å². The largest absolute Gasteiger partial charge is 0.325 e. The first-order chi connectivity index (χ1) is 14.3. The van der Waals surface area contributed by atoms with Gasteiger partial charge in [-0.3, -0.25) is 35.2 Å². The first-order valence-electron chi connectivity index (χ1n) is 8.16. The highest BCUT2D eigenvalue weighted by Gasteiger charge is 2.26. The third kappa shape index (κ3) is 5.21. The van der Waals surface area contributed by atoms with Crippen molar-refractivity contribution in [3.05, 3.63) is 56.8 Å². The minimum atomic E-state index is -0.766. The van der Waals surface area contributed by atoms with Crippen LogP contribution in [0.5, 0.6) is 0 Å². The van der Waals surface area contributed by atoms with Gasteiger partial charge in [-0.1, -0.05) is 17.8 Å². The van der Waals surface area contributed by atoms with Crippen molar-refractivity contribution >= 4 is 68.9 Å². The zero-order valence-electron chi connectivity index (χ0n) is 14.9. The summed E-state index contributed by atoms with van der Waals surface area (Å²) < 4.78 is 0. The summed E-state index contributed by atoms with van der Waals surface area (Å²) in [5.74, 6) is -2.47. The normalized spacial score (nSPS) is 14.8.